The summed E-state index contributed by atoms with van der Waals surface area (Å²) in [4.78, 5) is 27.0. The van der Waals surface area contributed by atoms with E-state index in [1.165, 1.54) is 4.88 Å². The van der Waals surface area contributed by atoms with Crippen LogP contribution in [-0.2, 0) is 17.6 Å². The minimum Gasteiger partial charge on any atom is -0.349 e. The fourth-order valence-electron chi connectivity index (χ4n) is 3.29. The highest BCUT2D eigenvalue weighted by atomic mass is 32.1. The van der Waals surface area contributed by atoms with Crippen LogP contribution < -0.4 is 5.32 Å². The quantitative estimate of drug-likeness (QED) is 0.749. The second-order valence-corrected chi connectivity index (χ2v) is 7.46. The molecule has 1 atom stereocenters. The largest absolute Gasteiger partial charge is 0.349 e. The van der Waals surface area contributed by atoms with Crippen molar-refractivity contribution >= 4 is 17.2 Å². The molecule has 3 heterocycles. The molecule has 1 N–H and O–H groups in total. The number of pyridine rings is 1. The van der Waals surface area contributed by atoms with Crippen LogP contribution in [0.2, 0.25) is 0 Å². The van der Waals surface area contributed by atoms with E-state index in [4.69, 9.17) is 4.98 Å². The molecule has 0 spiro atoms. The van der Waals surface area contributed by atoms with Crippen LogP contribution in [0.1, 0.15) is 41.4 Å². The van der Waals surface area contributed by atoms with Crippen molar-refractivity contribution in [3.05, 3.63) is 64.4 Å². The standard InChI is InChI=1S/C20H20N4OS/c25-19(9-8-15-5-3-11-26-15)23-17-6-1-7-18-16(17)13-22-20(24-18)14-4-2-10-21-12-14/h2-5,10-13,17H,1,6-9H2,(H,23,25)/t17-/m1/s1. The Morgan fingerprint density at radius 3 is 3.04 bits per heavy atom. The van der Waals surface area contributed by atoms with Crippen molar-refractivity contribution < 1.29 is 4.79 Å². The summed E-state index contributed by atoms with van der Waals surface area (Å²) in [5.41, 5.74) is 3.00. The van der Waals surface area contributed by atoms with E-state index in [9.17, 15) is 4.79 Å². The summed E-state index contributed by atoms with van der Waals surface area (Å²) >= 11 is 1.69. The minimum atomic E-state index is 0.0116. The lowest BCUT2D eigenvalue weighted by Crippen LogP contribution is -2.31. The first-order chi connectivity index (χ1) is 12.8. The Morgan fingerprint density at radius 1 is 1.27 bits per heavy atom. The SMILES string of the molecule is O=C(CCc1cccs1)N[C@@H]1CCCc2nc(-c3cccnc3)ncc21. The Bertz CT molecular complexity index is 880. The van der Waals surface area contributed by atoms with E-state index in [1.807, 2.05) is 29.8 Å². The van der Waals surface area contributed by atoms with Gasteiger partial charge in [0.05, 0.1) is 6.04 Å². The van der Waals surface area contributed by atoms with Crippen molar-refractivity contribution in [2.24, 2.45) is 0 Å². The van der Waals surface area contributed by atoms with Gasteiger partial charge in [0, 0.05) is 46.7 Å². The van der Waals surface area contributed by atoms with Gasteiger partial charge in [-0.1, -0.05) is 6.07 Å². The molecule has 0 aliphatic heterocycles. The summed E-state index contributed by atoms with van der Waals surface area (Å²) in [7, 11) is 0. The van der Waals surface area contributed by atoms with Crippen LogP contribution in [0.3, 0.4) is 0 Å². The molecular formula is C20H20N4OS. The number of hydrogen-bond donors (Lipinski definition) is 1. The summed E-state index contributed by atoms with van der Waals surface area (Å²) in [5, 5.41) is 5.21. The number of nitrogens with one attached hydrogen (secondary N) is 1. The maximum Gasteiger partial charge on any atom is 0.220 e. The summed E-state index contributed by atoms with van der Waals surface area (Å²) < 4.78 is 0. The van der Waals surface area contributed by atoms with Gasteiger partial charge in [-0.15, -0.1) is 11.3 Å². The van der Waals surface area contributed by atoms with E-state index in [2.05, 4.69) is 21.4 Å². The van der Waals surface area contributed by atoms with E-state index in [-0.39, 0.29) is 11.9 Å². The highest BCUT2D eigenvalue weighted by Crippen LogP contribution is 2.29. The van der Waals surface area contributed by atoms with Crippen LogP contribution >= 0.6 is 11.3 Å². The van der Waals surface area contributed by atoms with Gasteiger partial charge < -0.3 is 5.32 Å². The summed E-state index contributed by atoms with van der Waals surface area (Å²) in [6.45, 7) is 0. The molecule has 1 aliphatic rings. The second kappa shape index (κ2) is 7.74. The van der Waals surface area contributed by atoms with E-state index in [1.54, 1.807) is 23.7 Å². The van der Waals surface area contributed by atoms with Gasteiger partial charge in [-0.3, -0.25) is 9.78 Å². The van der Waals surface area contributed by atoms with Crippen molar-refractivity contribution in [3.63, 3.8) is 0 Å². The zero-order valence-corrected chi connectivity index (χ0v) is 15.2. The molecule has 6 heteroatoms. The Kier molecular flexibility index (Phi) is 5.02. The molecule has 3 aromatic heterocycles. The van der Waals surface area contributed by atoms with Gasteiger partial charge in [0.25, 0.3) is 0 Å². The van der Waals surface area contributed by atoms with Crippen molar-refractivity contribution in [2.45, 2.75) is 38.1 Å². The molecule has 3 aromatic rings. The van der Waals surface area contributed by atoms with Crippen molar-refractivity contribution in [2.75, 3.05) is 0 Å². The van der Waals surface area contributed by atoms with E-state index >= 15 is 0 Å². The smallest absolute Gasteiger partial charge is 0.220 e. The van der Waals surface area contributed by atoms with Gasteiger partial charge in [0.15, 0.2) is 5.82 Å². The predicted molar refractivity (Wildman–Crippen MR) is 102 cm³/mol. The molecule has 1 aliphatic carbocycles. The Balaban J connectivity index is 1.46. The first kappa shape index (κ1) is 16.8. The number of amides is 1. The van der Waals surface area contributed by atoms with Crippen molar-refractivity contribution in [1.29, 1.82) is 0 Å². The highest BCUT2D eigenvalue weighted by molar-refractivity contribution is 7.09. The van der Waals surface area contributed by atoms with Gasteiger partial charge >= 0.3 is 0 Å². The van der Waals surface area contributed by atoms with E-state index in [0.29, 0.717) is 12.2 Å². The third-order valence-corrected chi connectivity index (χ3v) is 5.55. The zero-order chi connectivity index (χ0) is 17.8. The monoisotopic (exact) mass is 364 g/mol. The maximum absolute atomic E-state index is 12.3. The lowest BCUT2D eigenvalue weighted by atomic mass is 9.92. The van der Waals surface area contributed by atoms with Crippen molar-refractivity contribution in [1.82, 2.24) is 20.3 Å². The molecule has 0 radical (unpaired) electrons. The van der Waals surface area contributed by atoms with Gasteiger partial charge in [0.2, 0.25) is 5.91 Å². The summed E-state index contributed by atoms with van der Waals surface area (Å²) in [6.07, 6.45) is 9.57. The Hall–Kier alpha value is -2.60. The molecule has 0 saturated heterocycles. The van der Waals surface area contributed by atoms with Crippen LogP contribution in [0.25, 0.3) is 11.4 Å². The number of carbonyl (C=O) groups is 1. The molecule has 1 amide bonds. The second-order valence-electron chi connectivity index (χ2n) is 6.43. The van der Waals surface area contributed by atoms with Crippen LogP contribution in [0, 0.1) is 0 Å². The normalized spacial score (nSPS) is 16.1. The Morgan fingerprint density at radius 2 is 2.23 bits per heavy atom. The van der Waals surface area contributed by atoms with E-state index < -0.39 is 0 Å². The number of carbonyl (C=O) groups excluding carboxylic acids is 1. The van der Waals surface area contributed by atoms with Gasteiger partial charge in [-0.25, -0.2) is 9.97 Å². The number of thiophene rings is 1. The average Bonchev–Trinajstić information content (AvgIpc) is 3.21. The molecule has 0 unspecified atom stereocenters. The lowest BCUT2D eigenvalue weighted by Gasteiger charge is -2.25. The topological polar surface area (TPSA) is 67.8 Å². The first-order valence-electron chi connectivity index (χ1n) is 8.87. The maximum atomic E-state index is 12.3. The van der Waals surface area contributed by atoms with Crippen LogP contribution in [0.4, 0.5) is 0 Å². The van der Waals surface area contributed by atoms with Crippen molar-refractivity contribution in [3.8, 4) is 11.4 Å². The summed E-state index contributed by atoms with van der Waals surface area (Å²) in [6, 6.07) is 7.95. The fourth-order valence-corrected chi connectivity index (χ4v) is 4.00. The third kappa shape index (κ3) is 3.80. The van der Waals surface area contributed by atoms with Gasteiger partial charge in [-0.2, -0.15) is 0 Å². The molecule has 4 rings (SSSR count). The van der Waals surface area contributed by atoms with Crippen LogP contribution in [0.5, 0.6) is 0 Å². The van der Waals surface area contributed by atoms with Crippen LogP contribution in [0.15, 0.2) is 48.2 Å². The minimum absolute atomic E-state index is 0.0116. The predicted octanol–water partition coefficient (Wildman–Crippen LogP) is 3.73. The number of nitrogens with zero attached hydrogens (tertiary/aromatic N) is 3. The third-order valence-electron chi connectivity index (χ3n) is 4.62. The van der Waals surface area contributed by atoms with Crippen LogP contribution in [-0.4, -0.2) is 20.9 Å². The summed E-state index contributed by atoms with van der Waals surface area (Å²) in [5.74, 6) is 0.786. The molecule has 0 fully saturated rings. The molecule has 132 valence electrons. The first-order valence-corrected chi connectivity index (χ1v) is 9.75. The number of hydrogen-bond acceptors (Lipinski definition) is 5. The number of aromatic nitrogens is 3. The fraction of sp³-hybridized carbons (Fsp3) is 0.300. The number of aryl methyl sites for hydroxylation is 2. The van der Waals surface area contributed by atoms with E-state index in [0.717, 1.165) is 42.5 Å². The zero-order valence-electron chi connectivity index (χ0n) is 14.4. The molecule has 5 nitrogen and oxygen atoms in total. The van der Waals surface area contributed by atoms with Gasteiger partial charge in [0.1, 0.15) is 0 Å². The molecule has 26 heavy (non-hydrogen) atoms. The van der Waals surface area contributed by atoms with Gasteiger partial charge in [-0.05, 0) is 49.3 Å². The molecular weight excluding hydrogens is 344 g/mol. The lowest BCUT2D eigenvalue weighted by molar-refractivity contribution is -0.121. The molecule has 0 aromatic carbocycles. The molecule has 0 bridgehead atoms. The average molecular weight is 364 g/mol. The highest BCUT2D eigenvalue weighted by Gasteiger charge is 2.24. The number of rotatable bonds is 5. The molecule has 0 saturated carbocycles. The number of fused-ring (bicyclic) bond motifs is 1. The Labute approximate surface area is 156 Å².